The number of hydrogen-bond acceptors (Lipinski definition) is 4. The zero-order valence-electron chi connectivity index (χ0n) is 16.3. The highest BCUT2D eigenvalue weighted by molar-refractivity contribution is 5.56. The Morgan fingerprint density at radius 1 is 0.643 bits per heavy atom. The van der Waals surface area contributed by atoms with Crippen LogP contribution < -0.4 is 19.5 Å². The maximum atomic E-state index is 5.87. The van der Waals surface area contributed by atoms with Gasteiger partial charge in [0.25, 0.3) is 0 Å². The molecule has 0 aromatic heterocycles. The molecule has 4 nitrogen and oxygen atoms in total. The summed E-state index contributed by atoms with van der Waals surface area (Å²) in [6.45, 7) is 4.39. The lowest BCUT2D eigenvalue weighted by molar-refractivity contribution is 0.217. The van der Waals surface area contributed by atoms with Gasteiger partial charge in [0.2, 0.25) is 0 Å². The molecule has 0 spiro atoms. The second kappa shape index (κ2) is 10.9. The van der Waals surface area contributed by atoms with Gasteiger partial charge in [-0.15, -0.1) is 0 Å². The monoisotopic (exact) mass is 377 g/mol. The molecule has 28 heavy (non-hydrogen) atoms. The van der Waals surface area contributed by atoms with Gasteiger partial charge < -0.3 is 19.5 Å². The van der Waals surface area contributed by atoms with E-state index in [-0.39, 0.29) is 0 Å². The van der Waals surface area contributed by atoms with Gasteiger partial charge in [0.15, 0.2) is 0 Å². The van der Waals surface area contributed by atoms with Crippen LogP contribution in [0.4, 0.5) is 5.69 Å². The Hall–Kier alpha value is -3.14. The number of benzene rings is 3. The molecule has 0 aliphatic heterocycles. The normalized spacial score (nSPS) is 10.3. The van der Waals surface area contributed by atoms with Crippen LogP contribution in [0.5, 0.6) is 17.2 Å². The summed E-state index contributed by atoms with van der Waals surface area (Å²) in [6, 6.07) is 25.9. The van der Waals surface area contributed by atoms with E-state index in [4.69, 9.17) is 14.2 Å². The summed E-state index contributed by atoms with van der Waals surface area (Å²) in [7, 11) is 0. The molecule has 0 fully saturated rings. The zero-order valence-corrected chi connectivity index (χ0v) is 16.3. The minimum absolute atomic E-state index is 0.480. The molecular formula is C24H27NO3. The topological polar surface area (TPSA) is 39.7 Å². The van der Waals surface area contributed by atoms with Crippen LogP contribution in [-0.4, -0.2) is 26.4 Å². The first-order chi connectivity index (χ1) is 13.8. The SMILES string of the molecule is CCc1ccc(OCCNc2ccccc2OCCOc2ccccc2)cc1. The third-order valence-corrected chi connectivity index (χ3v) is 4.26. The van der Waals surface area contributed by atoms with Gasteiger partial charge in [-0.1, -0.05) is 49.4 Å². The third kappa shape index (κ3) is 6.23. The smallest absolute Gasteiger partial charge is 0.142 e. The van der Waals surface area contributed by atoms with Crippen molar-refractivity contribution in [3.05, 3.63) is 84.4 Å². The summed E-state index contributed by atoms with van der Waals surface area (Å²) in [5, 5.41) is 3.37. The number of hydrogen-bond donors (Lipinski definition) is 1. The molecule has 0 saturated heterocycles. The van der Waals surface area contributed by atoms with Crippen molar-refractivity contribution in [3.63, 3.8) is 0 Å². The van der Waals surface area contributed by atoms with Crippen LogP contribution in [-0.2, 0) is 6.42 Å². The summed E-state index contributed by atoms with van der Waals surface area (Å²) in [4.78, 5) is 0. The maximum Gasteiger partial charge on any atom is 0.142 e. The molecule has 0 atom stereocenters. The summed E-state index contributed by atoms with van der Waals surface area (Å²) in [5.41, 5.74) is 2.26. The van der Waals surface area contributed by atoms with Crippen LogP contribution in [0.15, 0.2) is 78.9 Å². The first-order valence-corrected chi connectivity index (χ1v) is 9.70. The van der Waals surface area contributed by atoms with E-state index in [0.29, 0.717) is 26.4 Å². The van der Waals surface area contributed by atoms with Crippen LogP contribution in [0.2, 0.25) is 0 Å². The molecule has 3 rings (SSSR count). The highest BCUT2D eigenvalue weighted by Gasteiger charge is 2.03. The van der Waals surface area contributed by atoms with Gasteiger partial charge in [0.1, 0.15) is 37.1 Å². The second-order valence-electron chi connectivity index (χ2n) is 6.28. The zero-order chi connectivity index (χ0) is 19.4. The predicted molar refractivity (Wildman–Crippen MR) is 114 cm³/mol. The Kier molecular flexibility index (Phi) is 7.62. The Morgan fingerprint density at radius 2 is 1.29 bits per heavy atom. The molecule has 0 heterocycles. The van der Waals surface area contributed by atoms with E-state index in [2.05, 4.69) is 24.4 Å². The van der Waals surface area contributed by atoms with E-state index in [0.717, 1.165) is 29.4 Å². The molecule has 1 N–H and O–H groups in total. The van der Waals surface area contributed by atoms with Crippen molar-refractivity contribution >= 4 is 5.69 Å². The summed E-state index contributed by atoms with van der Waals surface area (Å²) < 4.78 is 17.3. The number of nitrogens with one attached hydrogen (secondary N) is 1. The van der Waals surface area contributed by atoms with Crippen LogP contribution in [0.1, 0.15) is 12.5 Å². The molecule has 3 aromatic rings. The number of anilines is 1. The lowest BCUT2D eigenvalue weighted by Crippen LogP contribution is -2.14. The fourth-order valence-electron chi connectivity index (χ4n) is 2.74. The molecule has 0 aliphatic rings. The quantitative estimate of drug-likeness (QED) is 0.466. The van der Waals surface area contributed by atoms with Crippen molar-refractivity contribution in [2.75, 3.05) is 31.7 Å². The maximum absolute atomic E-state index is 5.87. The van der Waals surface area contributed by atoms with Crippen molar-refractivity contribution in [1.29, 1.82) is 0 Å². The Morgan fingerprint density at radius 3 is 2.07 bits per heavy atom. The van der Waals surface area contributed by atoms with Gasteiger partial charge in [-0.3, -0.25) is 0 Å². The van der Waals surface area contributed by atoms with E-state index in [1.54, 1.807) is 0 Å². The van der Waals surface area contributed by atoms with E-state index in [1.807, 2.05) is 66.7 Å². The molecular weight excluding hydrogens is 350 g/mol. The van der Waals surface area contributed by atoms with Crippen LogP contribution in [0.3, 0.4) is 0 Å². The van der Waals surface area contributed by atoms with E-state index in [1.165, 1.54) is 5.56 Å². The lowest BCUT2D eigenvalue weighted by atomic mass is 10.2. The highest BCUT2D eigenvalue weighted by atomic mass is 16.5. The molecule has 0 amide bonds. The molecule has 0 unspecified atom stereocenters. The first kappa shape index (κ1) is 19.6. The fraction of sp³-hybridized carbons (Fsp3) is 0.250. The molecule has 4 heteroatoms. The molecule has 0 aliphatic carbocycles. The van der Waals surface area contributed by atoms with Crippen molar-refractivity contribution in [2.24, 2.45) is 0 Å². The fourth-order valence-corrected chi connectivity index (χ4v) is 2.74. The summed E-state index contributed by atoms with van der Waals surface area (Å²) in [6.07, 6.45) is 1.04. The minimum atomic E-state index is 0.480. The van der Waals surface area contributed by atoms with E-state index < -0.39 is 0 Å². The van der Waals surface area contributed by atoms with Gasteiger partial charge in [-0.2, -0.15) is 0 Å². The van der Waals surface area contributed by atoms with Crippen LogP contribution in [0.25, 0.3) is 0 Å². The largest absolute Gasteiger partial charge is 0.492 e. The first-order valence-electron chi connectivity index (χ1n) is 9.70. The van der Waals surface area contributed by atoms with Gasteiger partial charge >= 0.3 is 0 Å². The van der Waals surface area contributed by atoms with Gasteiger partial charge in [-0.25, -0.2) is 0 Å². The average molecular weight is 377 g/mol. The highest BCUT2D eigenvalue weighted by Crippen LogP contribution is 2.23. The molecule has 0 saturated carbocycles. The van der Waals surface area contributed by atoms with Crippen molar-refractivity contribution in [2.45, 2.75) is 13.3 Å². The Bertz CT molecular complexity index is 819. The van der Waals surface area contributed by atoms with E-state index >= 15 is 0 Å². The van der Waals surface area contributed by atoms with Gasteiger partial charge in [-0.05, 0) is 48.4 Å². The Balaban J connectivity index is 1.40. The van der Waals surface area contributed by atoms with Crippen molar-refractivity contribution in [3.8, 4) is 17.2 Å². The Labute approximate surface area is 167 Å². The molecule has 0 radical (unpaired) electrons. The lowest BCUT2D eigenvalue weighted by Gasteiger charge is -2.14. The minimum Gasteiger partial charge on any atom is -0.492 e. The third-order valence-electron chi connectivity index (χ3n) is 4.26. The predicted octanol–water partition coefficient (Wildman–Crippen LogP) is 5.20. The van der Waals surface area contributed by atoms with Crippen molar-refractivity contribution in [1.82, 2.24) is 0 Å². The number of ether oxygens (including phenoxy) is 3. The van der Waals surface area contributed by atoms with Gasteiger partial charge in [0, 0.05) is 6.54 Å². The average Bonchev–Trinajstić information content (AvgIpc) is 2.76. The molecule has 146 valence electrons. The number of aryl methyl sites for hydroxylation is 1. The number of para-hydroxylation sites is 3. The number of rotatable bonds is 11. The van der Waals surface area contributed by atoms with Gasteiger partial charge in [0.05, 0.1) is 5.69 Å². The summed E-state index contributed by atoms with van der Waals surface area (Å²) >= 11 is 0. The summed E-state index contributed by atoms with van der Waals surface area (Å²) in [5.74, 6) is 2.55. The van der Waals surface area contributed by atoms with E-state index in [9.17, 15) is 0 Å². The second-order valence-corrected chi connectivity index (χ2v) is 6.28. The van der Waals surface area contributed by atoms with Crippen LogP contribution >= 0.6 is 0 Å². The molecule has 3 aromatic carbocycles. The van der Waals surface area contributed by atoms with Crippen molar-refractivity contribution < 1.29 is 14.2 Å². The van der Waals surface area contributed by atoms with Crippen LogP contribution in [0, 0.1) is 0 Å². The molecule has 0 bridgehead atoms. The standard InChI is InChI=1S/C24H27NO3/c1-2-20-12-14-22(15-13-20)26-17-16-25-23-10-6-7-11-24(23)28-19-18-27-21-8-4-3-5-9-21/h3-15,25H,2,16-19H2,1H3.